The van der Waals surface area contributed by atoms with Gasteiger partial charge in [-0.15, -0.1) is 0 Å². The monoisotopic (exact) mass is 109 g/mol. The van der Waals surface area contributed by atoms with E-state index in [2.05, 4.69) is 12.6 Å². The van der Waals surface area contributed by atoms with E-state index in [0.29, 0.717) is 23.2 Å². The Labute approximate surface area is 40.7 Å². The van der Waals surface area contributed by atoms with Crippen LogP contribution in [0.15, 0.2) is 0 Å². The van der Waals surface area contributed by atoms with Crippen LogP contribution in [0.25, 0.3) is 0 Å². The van der Waals surface area contributed by atoms with Crippen LogP contribution in [-0.2, 0) is 15.9 Å². The lowest BCUT2D eigenvalue weighted by Gasteiger charge is -1.53. The summed E-state index contributed by atoms with van der Waals surface area (Å²) in [5.74, 6) is 1.30. The molecule has 0 amide bonds. The van der Waals surface area contributed by atoms with Crippen LogP contribution >= 0.6 is 12.6 Å². The van der Waals surface area contributed by atoms with Gasteiger partial charge < -0.3 is 0 Å². The van der Waals surface area contributed by atoms with Crippen LogP contribution < -0.4 is 0 Å². The van der Waals surface area contributed by atoms with Crippen molar-refractivity contribution in [1.29, 1.82) is 0 Å². The lowest BCUT2D eigenvalue weighted by Crippen LogP contribution is -1.76. The SMILES string of the molecule is O=[S+]CCS. The molecule has 0 aromatic carbocycles. The molecular weight excluding hydrogens is 104 g/mol. The standard InChI is InChI=1S/C2H4OS2/c3-5-2-1-4/h1-2H2/p+1. The fraction of sp³-hybridized carbons (Fsp3) is 1.00. The largest absolute Gasteiger partial charge is 0.459 e. The van der Waals surface area contributed by atoms with Crippen LogP contribution in [0.5, 0.6) is 0 Å². The first kappa shape index (κ1) is 5.37. The highest BCUT2D eigenvalue weighted by molar-refractivity contribution is 7.81. The third-order valence-electron chi connectivity index (χ3n) is 0.175. The van der Waals surface area contributed by atoms with Gasteiger partial charge in [-0.1, -0.05) is 0 Å². The molecule has 0 radical (unpaired) electrons. The van der Waals surface area contributed by atoms with Crippen molar-refractivity contribution in [2.24, 2.45) is 0 Å². The molecule has 0 bridgehead atoms. The molecule has 5 heavy (non-hydrogen) atoms. The lowest BCUT2D eigenvalue weighted by atomic mass is 11.0. The van der Waals surface area contributed by atoms with E-state index < -0.39 is 0 Å². The molecule has 0 aromatic rings. The van der Waals surface area contributed by atoms with Crippen LogP contribution in [0.1, 0.15) is 0 Å². The third-order valence-corrected chi connectivity index (χ3v) is 1.07. The normalized spacial score (nSPS) is 7.40. The fourth-order valence-corrected chi connectivity index (χ4v) is 0.335. The Morgan fingerprint density at radius 3 is 2.40 bits per heavy atom. The van der Waals surface area contributed by atoms with E-state index in [-0.39, 0.29) is 0 Å². The van der Waals surface area contributed by atoms with Gasteiger partial charge in [0, 0.05) is 9.96 Å². The van der Waals surface area contributed by atoms with Gasteiger partial charge in [0.2, 0.25) is 5.75 Å². The van der Waals surface area contributed by atoms with Crippen molar-refractivity contribution in [2.75, 3.05) is 11.5 Å². The van der Waals surface area contributed by atoms with E-state index in [9.17, 15) is 4.21 Å². The van der Waals surface area contributed by atoms with Crippen molar-refractivity contribution in [3.05, 3.63) is 0 Å². The number of hydrogen-bond donors (Lipinski definition) is 1. The predicted molar refractivity (Wildman–Crippen MR) is 26.8 cm³/mol. The summed E-state index contributed by atoms with van der Waals surface area (Å²) in [6, 6.07) is 0. The average Bonchev–Trinajstić information content (AvgIpc) is 1.41. The van der Waals surface area contributed by atoms with E-state index in [4.69, 9.17) is 0 Å². The van der Waals surface area contributed by atoms with E-state index in [1.54, 1.807) is 0 Å². The molecule has 0 saturated carbocycles. The van der Waals surface area contributed by atoms with Crippen LogP contribution in [0.4, 0.5) is 0 Å². The van der Waals surface area contributed by atoms with Gasteiger partial charge in [0.05, 0.1) is 0 Å². The van der Waals surface area contributed by atoms with Gasteiger partial charge in [0.1, 0.15) is 0 Å². The molecule has 0 rings (SSSR count). The summed E-state index contributed by atoms with van der Waals surface area (Å²) >= 11 is 4.36. The van der Waals surface area contributed by atoms with Crippen molar-refractivity contribution in [3.8, 4) is 0 Å². The maximum atomic E-state index is 9.40. The lowest BCUT2D eigenvalue weighted by molar-refractivity contribution is 0.605. The molecule has 0 saturated heterocycles. The summed E-state index contributed by atoms with van der Waals surface area (Å²) in [5, 5.41) is 0. The van der Waals surface area contributed by atoms with Crippen LogP contribution in [0.3, 0.4) is 0 Å². The Balaban J connectivity index is 2.40. The predicted octanol–water partition coefficient (Wildman–Crippen LogP) is 0.344. The van der Waals surface area contributed by atoms with Crippen molar-refractivity contribution in [2.45, 2.75) is 0 Å². The maximum Gasteiger partial charge on any atom is 0.459 e. The van der Waals surface area contributed by atoms with Gasteiger partial charge in [-0.05, 0) is 0 Å². The van der Waals surface area contributed by atoms with Crippen molar-refractivity contribution in [3.63, 3.8) is 0 Å². The second-order valence-corrected chi connectivity index (χ2v) is 1.64. The molecule has 0 N–H and O–H groups in total. The van der Waals surface area contributed by atoms with Crippen molar-refractivity contribution in [1.82, 2.24) is 0 Å². The summed E-state index contributed by atoms with van der Waals surface area (Å²) in [4.78, 5) is 0. The van der Waals surface area contributed by atoms with Gasteiger partial charge in [0.15, 0.2) is 0 Å². The molecule has 1 nitrogen and oxygen atoms in total. The molecule has 0 atom stereocenters. The average molecular weight is 109 g/mol. The Hall–Kier alpha value is 0.370. The Bertz CT molecular complexity index is 28.8. The minimum Gasteiger partial charge on any atom is -0.174 e. The Morgan fingerprint density at radius 1 is 1.80 bits per heavy atom. The zero-order valence-electron chi connectivity index (χ0n) is 2.68. The second kappa shape index (κ2) is 4.37. The molecule has 0 heterocycles. The number of rotatable bonds is 2. The van der Waals surface area contributed by atoms with Crippen molar-refractivity contribution < 1.29 is 4.21 Å². The minimum absolute atomic E-state index is 0.575. The van der Waals surface area contributed by atoms with Gasteiger partial charge in [-0.3, -0.25) is 0 Å². The summed E-state index contributed by atoms with van der Waals surface area (Å²) in [5.41, 5.74) is 0. The highest BCUT2D eigenvalue weighted by Gasteiger charge is 1.87. The van der Waals surface area contributed by atoms with E-state index in [0.717, 1.165) is 0 Å². The summed E-state index contributed by atoms with van der Waals surface area (Å²) in [6.07, 6.45) is 0. The topological polar surface area (TPSA) is 17.1 Å². The fourth-order valence-electron chi connectivity index (χ4n) is 0.0373. The molecule has 0 aliphatic rings. The Morgan fingerprint density at radius 2 is 2.40 bits per heavy atom. The van der Waals surface area contributed by atoms with Crippen LogP contribution in [0.2, 0.25) is 0 Å². The molecule has 0 spiro atoms. The van der Waals surface area contributed by atoms with Gasteiger partial charge in [0.25, 0.3) is 0 Å². The molecule has 30 valence electrons. The maximum absolute atomic E-state index is 9.40. The zero-order valence-corrected chi connectivity index (χ0v) is 4.39. The molecule has 3 heteroatoms. The van der Waals surface area contributed by atoms with Gasteiger partial charge in [-0.2, -0.15) is 12.6 Å². The number of thiol groups is 1. The van der Waals surface area contributed by atoms with Crippen LogP contribution in [-0.4, -0.2) is 11.5 Å². The third kappa shape index (κ3) is 4.37. The summed E-state index contributed by atoms with van der Waals surface area (Å²) in [7, 11) is 0. The summed E-state index contributed by atoms with van der Waals surface area (Å²) in [6.45, 7) is 0. The molecule has 0 aromatic heterocycles. The van der Waals surface area contributed by atoms with E-state index >= 15 is 0 Å². The first-order chi connectivity index (χ1) is 2.41. The highest BCUT2D eigenvalue weighted by Crippen LogP contribution is 1.66. The van der Waals surface area contributed by atoms with E-state index in [1.165, 1.54) is 0 Å². The molecule has 0 fully saturated rings. The quantitative estimate of drug-likeness (QED) is 0.400. The zero-order chi connectivity index (χ0) is 4.12. The smallest absolute Gasteiger partial charge is 0.174 e. The minimum atomic E-state index is 0.575. The van der Waals surface area contributed by atoms with Crippen LogP contribution in [0, 0.1) is 0 Å². The first-order valence-corrected chi connectivity index (χ1v) is 2.81. The Kier molecular flexibility index (Phi) is 4.69. The second-order valence-electron chi connectivity index (χ2n) is 0.546. The molecular formula is C2H5OS2+. The summed E-state index contributed by atoms with van der Waals surface area (Å²) < 4.78 is 9.40. The van der Waals surface area contributed by atoms with E-state index in [1.807, 2.05) is 0 Å². The molecule has 0 aliphatic carbocycles. The highest BCUT2D eigenvalue weighted by atomic mass is 32.1. The van der Waals surface area contributed by atoms with Gasteiger partial charge >= 0.3 is 11.7 Å². The first-order valence-electron chi connectivity index (χ1n) is 1.27. The molecule has 0 aliphatic heterocycles. The molecule has 0 unspecified atom stereocenters. The van der Waals surface area contributed by atoms with Crippen molar-refractivity contribution >= 4 is 24.3 Å². The number of hydrogen-bond acceptors (Lipinski definition) is 2. The van der Waals surface area contributed by atoms with Gasteiger partial charge in [-0.25, -0.2) is 0 Å².